The number of nitrogens with zero attached hydrogens (tertiary/aromatic N) is 6. The van der Waals surface area contributed by atoms with Crippen molar-refractivity contribution in [2.75, 3.05) is 61.1 Å². The molecule has 3 heterocycles. The van der Waals surface area contributed by atoms with Crippen molar-refractivity contribution < 1.29 is 13.9 Å². The number of amides is 1. The number of rotatable bonds is 9. The van der Waals surface area contributed by atoms with Crippen LogP contribution >= 0.6 is 15.9 Å². The van der Waals surface area contributed by atoms with E-state index in [1.165, 1.54) is 6.07 Å². The summed E-state index contributed by atoms with van der Waals surface area (Å²) in [6.07, 6.45) is 3.66. The fraction of sp³-hybridized carbons (Fsp3) is 0.478. The molecule has 4 rings (SSSR count). The summed E-state index contributed by atoms with van der Waals surface area (Å²) in [5.41, 5.74) is 8.30. The van der Waals surface area contributed by atoms with Crippen LogP contribution in [0.25, 0.3) is 11.0 Å². The number of aromatic nitrogens is 4. The van der Waals surface area contributed by atoms with Crippen molar-refractivity contribution in [3.63, 3.8) is 0 Å². The third-order valence-corrected chi connectivity index (χ3v) is 6.57. The molecule has 1 aromatic carbocycles. The summed E-state index contributed by atoms with van der Waals surface area (Å²) in [4.78, 5) is 24.3. The van der Waals surface area contributed by atoms with Crippen molar-refractivity contribution in [3.05, 3.63) is 29.7 Å². The van der Waals surface area contributed by atoms with E-state index >= 15 is 4.39 Å². The van der Waals surface area contributed by atoms with Crippen LogP contribution in [-0.2, 0) is 11.3 Å². The Bertz CT molecular complexity index is 1200. The second-order valence-corrected chi connectivity index (χ2v) is 8.92. The van der Waals surface area contributed by atoms with Gasteiger partial charge in [-0.2, -0.15) is 10.1 Å². The molecular weight excluding hydrogens is 519 g/mol. The molecule has 0 atom stereocenters. The minimum absolute atomic E-state index is 0.0405. The van der Waals surface area contributed by atoms with Gasteiger partial charge in [0.1, 0.15) is 22.6 Å². The number of piperazine rings is 1. The van der Waals surface area contributed by atoms with E-state index in [2.05, 4.69) is 43.2 Å². The summed E-state index contributed by atoms with van der Waals surface area (Å²) in [6.45, 7) is 5.32. The average Bonchev–Trinajstić information content (AvgIpc) is 3.26. The molecule has 1 amide bonds. The van der Waals surface area contributed by atoms with E-state index in [1.807, 2.05) is 4.90 Å². The molecule has 1 saturated heterocycles. The van der Waals surface area contributed by atoms with Gasteiger partial charge in [0.15, 0.2) is 5.82 Å². The molecule has 1 fully saturated rings. The lowest BCUT2D eigenvalue weighted by molar-refractivity contribution is -0.128. The van der Waals surface area contributed by atoms with Crippen LogP contribution in [0, 0.1) is 5.82 Å². The van der Waals surface area contributed by atoms with Gasteiger partial charge in [0, 0.05) is 44.4 Å². The Morgan fingerprint density at radius 1 is 1.26 bits per heavy atom. The van der Waals surface area contributed by atoms with Crippen LogP contribution in [0.15, 0.2) is 18.3 Å². The van der Waals surface area contributed by atoms with Gasteiger partial charge in [-0.05, 0) is 12.5 Å². The molecule has 0 radical (unpaired) electrons. The number of nitrogens with two attached hydrogens (primary N) is 1. The standard InChI is InChI=1S/C23H30BrFN8O2/c1-3-4-5-27-22-21-17(29-23(26)30-22)13-28-33(21)14-15-10-16(25)18(11-19(15)35-2)31-6-8-32(9-7-31)20(34)12-24/h10-11,13H,3-9,12,14H2,1-2H3,(H3,26,27,29,30). The number of benzene rings is 1. The van der Waals surface area contributed by atoms with Crippen LogP contribution in [0.2, 0.25) is 0 Å². The van der Waals surface area contributed by atoms with E-state index in [9.17, 15) is 4.79 Å². The van der Waals surface area contributed by atoms with E-state index in [0.29, 0.717) is 65.4 Å². The van der Waals surface area contributed by atoms with E-state index in [1.54, 1.807) is 29.0 Å². The monoisotopic (exact) mass is 548 g/mol. The van der Waals surface area contributed by atoms with E-state index in [-0.39, 0.29) is 24.2 Å². The Morgan fingerprint density at radius 3 is 2.71 bits per heavy atom. The third-order valence-electron chi connectivity index (χ3n) is 6.09. The van der Waals surface area contributed by atoms with Crippen LogP contribution in [-0.4, -0.2) is 75.7 Å². The third kappa shape index (κ3) is 5.42. The van der Waals surface area contributed by atoms with Gasteiger partial charge in [-0.15, -0.1) is 0 Å². The molecule has 3 aromatic rings. The molecule has 3 N–H and O–H groups in total. The van der Waals surface area contributed by atoms with Gasteiger partial charge in [-0.3, -0.25) is 9.48 Å². The van der Waals surface area contributed by atoms with Crippen molar-refractivity contribution >= 4 is 50.3 Å². The topological polar surface area (TPSA) is 114 Å². The summed E-state index contributed by atoms with van der Waals surface area (Å²) in [5, 5.41) is 8.07. The highest BCUT2D eigenvalue weighted by Crippen LogP contribution is 2.31. The number of ether oxygens (including phenoxy) is 1. The SMILES string of the molecule is CCCCNc1nc(N)nc2cnn(Cc3cc(F)c(N4CCN(C(=O)CBr)CC4)cc3OC)c12. The van der Waals surface area contributed by atoms with Crippen LogP contribution in [0.3, 0.4) is 0 Å². The Kier molecular flexibility index (Phi) is 7.89. The van der Waals surface area contributed by atoms with Crippen molar-refractivity contribution in [2.24, 2.45) is 0 Å². The molecule has 188 valence electrons. The van der Waals surface area contributed by atoms with Crippen LogP contribution in [0.1, 0.15) is 25.3 Å². The summed E-state index contributed by atoms with van der Waals surface area (Å²) in [5.74, 6) is 1.02. The fourth-order valence-corrected chi connectivity index (χ4v) is 4.58. The molecule has 0 saturated carbocycles. The number of hydrogen-bond donors (Lipinski definition) is 2. The second-order valence-electron chi connectivity index (χ2n) is 8.36. The molecule has 12 heteroatoms. The first-order chi connectivity index (χ1) is 16.9. The number of fused-ring (bicyclic) bond motifs is 1. The normalized spacial score (nSPS) is 13.9. The lowest BCUT2D eigenvalue weighted by atomic mass is 10.1. The number of halogens is 2. The molecule has 35 heavy (non-hydrogen) atoms. The van der Waals surface area contributed by atoms with E-state index in [0.717, 1.165) is 19.4 Å². The lowest BCUT2D eigenvalue weighted by Gasteiger charge is -2.36. The molecule has 1 aliphatic rings. The number of carbonyl (C=O) groups is 1. The molecule has 0 aliphatic carbocycles. The van der Waals surface area contributed by atoms with Crippen molar-refractivity contribution in [2.45, 2.75) is 26.3 Å². The molecular formula is C23H30BrFN8O2. The maximum Gasteiger partial charge on any atom is 0.233 e. The number of carbonyl (C=O) groups excluding carboxylic acids is 1. The summed E-state index contributed by atoms with van der Waals surface area (Å²) in [7, 11) is 1.57. The molecule has 0 bridgehead atoms. The van der Waals surface area contributed by atoms with Crippen molar-refractivity contribution in [1.29, 1.82) is 0 Å². The number of anilines is 3. The van der Waals surface area contributed by atoms with Crippen molar-refractivity contribution in [3.8, 4) is 5.75 Å². The molecule has 0 unspecified atom stereocenters. The number of nitrogen functional groups attached to an aromatic ring is 1. The lowest BCUT2D eigenvalue weighted by Crippen LogP contribution is -2.49. The first-order valence-corrected chi connectivity index (χ1v) is 12.7. The second kappa shape index (κ2) is 11.1. The molecule has 2 aromatic heterocycles. The zero-order chi connectivity index (χ0) is 24.9. The predicted octanol–water partition coefficient (Wildman–Crippen LogP) is 2.86. The summed E-state index contributed by atoms with van der Waals surface area (Å²) < 4.78 is 22.6. The van der Waals surface area contributed by atoms with Gasteiger partial charge in [-0.1, -0.05) is 29.3 Å². The Morgan fingerprint density at radius 2 is 2.03 bits per heavy atom. The molecule has 1 aliphatic heterocycles. The Hall–Kier alpha value is -3.15. The summed E-state index contributed by atoms with van der Waals surface area (Å²) >= 11 is 3.20. The number of unbranched alkanes of at least 4 members (excludes halogenated alkanes) is 1. The number of methoxy groups -OCH3 is 1. The first-order valence-electron chi connectivity index (χ1n) is 11.6. The van der Waals surface area contributed by atoms with Gasteiger partial charge in [0.05, 0.1) is 30.9 Å². The number of alkyl halides is 1. The Balaban J connectivity index is 1.60. The van der Waals surface area contributed by atoms with E-state index in [4.69, 9.17) is 10.5 Å². The zero-order valence-corrected chi connectivity index (χ0v) is 21.5. The number of hydrogen-bond acceptors (Lipinski definition) is 8. The zero-order valence-electron chi connectivity index (χ0n) is 19.9. The highest BCUT2D eigenvalue weighted by molar-refractivity contribution is 9.09. The minimum Gasteiger partial charge on any atom is -0.496 e. The molecule has 0 spiro atoms. The largest absolute Gasteiger partial charge is 0.496 e. The van der Waals surface area contributed by atoms with Crippen molar-refractivity contribution in [1.82, 2.24) is 24.6 Å². The van der Waals surface area contributed by atoms with E-state index < -0.39 is 0 Å². The van der Waals surface area contributed by atoms with Crippen LogP contribution < -0.4 is 20.7 Å². The van der Waals surface area contributed by atoms with Crippen LogP contribution in [0.5, 0.6) is 5.75 Å². The van der Waals surface area contributed by atoms with Gasteiger partial charge in [0.2, 0.25) is 11.9 Å². The predicted molar refractivity (Wildman–Crippen MR) is 138 cm³/mol. The molecule has 10 nitrogen and oxygen atoms in total. The number of nitrogens with one attached hydrogen (secondary N) is 1. The maximum absolute atomic E-state index is 15.3. The van der Waals surface area contributed by atoms with Gasteiger partial charge in [0.25, 0.3) is 0 Å². The average molecular weight is 549 g/mol. The Labute approximate surface area is 211 Å². The summed E-state index contributed by atoms with van der Waals surface area (Å²) in [6, 6.07) is 3.20. The van der Waals surface area contributed by atoms with Gasteiger partial charge >= 0.3 is 0 Å². The highest BCUT2D eigenvalue weighted by Gasteiger charge is 2.24. The first kappa shape index (κ1) is 25.0. The smallest absolute Gasteiger partial charge is 0.233 e. The highest BCUT2D eigenvalue weighted by atomic mass is 79.9. The maximum atomic E-state index is 15.3. The van der Waals surface area contributed by atoms with Gasteiger partial charge in [-0.25, -0.2) is 9.37 Å². The van der Waals surface area contributed by atoms with Crippen LogP contribution in [0.4, 0.5) is 21.8 Å². The van der Waals surface area contributed by atoms with Gasteiger partial charge < -0.3 is 25.6 Å². The minimum atomic E-state index is -0.348. The quantitative estimate of drug-likeness (QED) is 0.310. The fourth-order valence-electron chi connectivity index (χ4n) is 4.23.